The van der Waals surface area contributed by atoms with Crippen molar-refractivity contribution in [3.63, 3.8) is 0 Å². The molecule has 1 N–H and O–H groups in total. The molecule has 0 aromatic heterocycles. The number of rotatable bonds is 5. The second-order valence-electron chi connectivity index (χ2n) is 4.98. The number of ether oxygens (including phenoxy) is 1. The van der Waals surface area contributed by atoms with E-state index in [1.54, 1.807) is 12.1 Å². The van der Waals surface area contributed by atoms with Crippen molar-refractivity contribution >= 4 is 31.7 Å². The van der Waals surface area contributed by atoms with Crippen molar-refractivity contribution in [1.82, 2.24) is 0 Å². The Morgan fingerprint density at radius 1 is 1.35 bits per heavy atom. The summed E-state index contributed by atoms with van der Waals surface area (Å²) in [4.78, 5) is 11.4. The minimum absolute atomic E-state index is 0.0580. The fraction of sp³-hybridized carbons (Fsp3) is 0.462. The maximum absolute atomic E-state index is 11.5. The van der Waals surface area contributed by atoms with Crippen LogP contribution in [0.25, 0.3) is 0 Å². The van der Waals surface area contributed by atoms with Gasteiger partial charge in [-0.15, -0.1) is 0 Å². The summed E-state index contributed by atoms with van der Waals surface area (Å²) >= 11 is 3.31. The molecule has 110 valence electrons. The quantitative estimate of drug-likeness (QED) is 0.867. The van der Waals surface area contributed by atoms with Crippen LogP contribution < -0.4 is 4.74 Å². The molecule has 1 atom stereocenters. The minimum atomic E-state index is -3.24. The summed E-state index contributed by atoms with van der Waals surface area (Å²) in [6.07, 6.45) is 0.353. The van der Waals surface area contributed by atoms with Gasteiger partial charge in [0.15, 0.2) is 9.84 Å². The predicted molar refractivity (Wildman–Crippen MR) is 77.6 cm³/mol. The van der Waals surface area contributed by atoms with Crippen molar-refractivity contribution in [3.8, 4) is 5.75 Å². The summed E-state index contributed by atoms with van der Waals surface area (Å²) in [5.41, 5.74) is -1.20. The summed E-state index contributed by atoms with van der Waals surface area (Å²) in [5.74, 6) is -0.774. The first-order valence-corrected chi connectivity index (χ1v) is 8.77. The molecule has 0 amide bonds. The third-order valence-corrected chi connectivity index (χ3v) is 5.85. The summed E-state index contributed by atoms with van der Waals surface area (Å²) in [6.45, 7) is 0.184. The number of sulfone groups is 1. The molecule has 1 unspecified atom stereocenters. The van der Waals surface area contributed by atoms with Crippen LogP contribution in [-0.4, -0.2) is 37.6 Å². The van der Waals surface area contributed by atoms with Crippen LogP contribution in [0.2, 0.25) is 0 Å². The zero-order valence-corrected chi connectivity index (χ0v) is 13.1. The standard InChI is InChI=1S/C13H15BrO5S/c14-10-1-3-11(4-2-10)19-7-5-13(12(15)16)6-8-20(17,18)9-13/h1-4H,5-9H2,(H,15,16). The summed E-state index contributed by atoms with van der Waals surface area (Å²) < 4.78 is 29.4. The Labute approximate surface area is 126 Å². The van der Waals surface area contributed by atoms with E-state index in [1.807, 2.05) is 12.1 Å². The number of halogens is 1. The number of hydrogen-bond acceptors (Lipinski definition) is 4. The number of carboxylic acid groups (broad SMARTS) is 1. The number of hydrogen-bond donors (Lipinski definition) is 1. The Bertz CT molecular complexity index is 596. The average Bonchev–Trinajstić information content (AvgIpc) is 2.69. The van der Waals surface area contributed by atoms with Crippen molar-refractivity contribution in [2.75, 3.05) is 18.1 Å². The molecule has 20 heavy (non-hydrogen) atoms. The second kappa shape index (κ2) is 5.73. The molecule has 1 saturated heterocycles. The number of carbonyl (C=O) groups is 1. The number of aliphatic carboxylic acids is 1. The SMILES string of the molecule is O=C(O)C1(CCOc2ccc(Br)cc2)CCS(=O)(=O)C1. The van der Waals surface area contributed by atoms with Crippen LogP contribution in [0.3, 0.4) is 0 Å². The van der Waals surface area contributed by atoms with Gasteiger partial charge in [-0.2, -0.15) is 0 Å². The van der Waals surface area contributed by atoms with Gasteiger partial charge in [-0.05, 0) is 37.1 Å². The smallest absolute Gasteiger partial charge is 0.310 e. The average molecular weight is 363 g/mol. The van der Waals surface area contributed by atoms with E-state index < -0.39 is 21.2 Å². The van der Waals surface area contributed by atoms with Gasteiger partial charge in [-0.1, -0.05) is 15.9 Å². The zero-order chi connectivity index (χ0) is 14.8. The Morgan fingerprint density at radius 3 is 2.50 bits per heavy atom. The van der Waals surface area contributed by atoms with Crippen LogP contribution in [0.15, 0.2) is 28.7 Å². The second-order valence-corrected chi connectivity index (χ2v) is 8.08. The first kappa shape index (κ1) is 15.3. The van der Waals surface area contributed by atoms with E-state index in [0.29, 0.717) is 5.75 Å². The number of benzene rings is 1. The molecule has 0 radical (unpaired) electrons. The molecular weight excluding hydrogens is 348 g/mol. The van der Waals surface area contributed by atoms with Crippen LogP contribution in [0.1, 0.15) is 12.8 Å². The molecule has 5 nitrogen and oxygen atoms in total. The van der Waals surface area contributed by atoms with Gasteiger partial charge in [0.05, 0.1) is 23.5 Å². The summed E-state index contributed by atoms with van der Waals surface area (Å²) in [7, 11) is -3.24. The molecule has 1 aliphatic rings. The van der Waals surface area contributed by atoms with Crippen molar-refractivity contribution in [2.24, 2.45) is 5.41 Å². The van der Waals surface area contributed by atoms with Gasteiger partial charge in [-0.25, -0.2) is 8.42 Å². The van der Waals surface area contributed by atoms with Crippen LogP contribution >= 0.6 is 15.9 Å². The Hall–Kier alpha value is -1.08. The fourth-order valence-corrected chi connectivity index (χ4v) is 4.65. The van der Waals surface area contributed by atoms with Crippen molar-refractivity contribution < 1.29 is 23.1 Å². The normalized spacial score (nSPS) is 24.4. The van der Waals surface area contributed by atoms with E-state index in [4.69, 9.17) is 4.74 Å². The van der Waals surface area contributed by atoms with Gasteiger partial charge < -0.3 is 9.84 Å². The molecule has 0 aliphatic carbocycles. The maximum atomic E-state index is 11.5. The largest absolute Gasteiger partial charge is 0.494 e. The molecular formula is C13H15BrO5S. The minimum Gasteiger partial charge on any atom is -0.494 e. The maximum Gasteiger partial charge on any atom is 0.310 e. The lowest BCUT2D eigenvalue weighted by Gasteiger charge is -2.22. The van der Waals surface area contributed by atoms with Crippen molar-refractivity contribution in [3.05, 3.63) is 28.7 Å². The van der Waals surface area contributed by atoms with Gasteiger partial charge in [0.2, 0.25) is 0 Å². The molecule has 1 heterocycles. The lowest BCUT2D eigenvalue weighted by molar-refractivity contribution is -0.148. The topological polar surface area (TPSA) is 80.7 Å². The molecule has 1 aromatic carbocycles. The van der Waals surface area contributed by atoms with Gasteiger partial charge in [0, 0.05) is 4.47 Å². The molecule has 7 heteroatoms. The van der Waals surface area contributed by atoms with Crippen LogP contribution in [0, 0.1) is 5.41 Å². The molecule has 0 saturated carbocycles. The van der Waals surface area contributed by atoms with Crippen LogP contribution in [-0.2, 0) is 14.6 Å². The fourth-order valence-electron chi connectivity index (χ4n) is 2.28. The lowest BCUT2D eigenvalue weighted by atomic mass is 9.84. The molecule has 1 aromatic rings. The molecule has 1 fully saturated rings. The van der Waals surface area contributed by atoms with E-state index >= 15 is 0 Å². The third kappa shape index (κ3) is 3.52. The van der Waals surface area contributed by atoms with E-state index in [9.17, 15) is 18.3 Å². The highest BCUT2D eigenvalue weighted by atomic mass is 79.9. The predicted octanol–water partition coefficient (Wildman–Crippen LogP) is 2.11. The van der Waals surface area contributed by atoms with Crippen molar-refractivity contribution in [2.45, 2.75) is 12.8 Å². The van der Waals surface area contributed by atoms with E-state index in [2.05, 4.69) is 15.9 Å². The van der Waals surface area contributed by atoms with Crippen molar-refractivity contribution in [1.29, 1.82) is 0 Å². The van der Waals surface area contributed by atoms with Gasteiger partial charge in [-0.3, -0.25) is 4.79 Å². The third-order valence-electron chi connectivity index (χ3n) is 3.50. The highest BCUT2D eigenvalue weighted by molar-refractivity contribution is 9.10. The molecule has 0 bridgehead atoms. The van der Waals surface area contributed by atoms with E-state index in [-0.39, 0.29) is 31.0 Å². The zero-order valence-electron chi connectivity index (χ0n) is 10.7. The Balaban J connectivity index is 1.97. The van der Waals surface area contributed by atoms with E-state index in [1.165, 1.54) is 0 Å². The van der Waals surface area contributed by atoms with E-state index in [0.717, 1.165) is 4.47 Å². The van der Waals surface area contributed by atoms with Crippen LogP contribution in [0.4, 0.5) is 0 Å². The highest BCUT2D eigenvalue weighted by Crippen LogP contribution is 2.36. The summed E-state index contributed by atoms with van der Waals surface area (Å²) in [6, 6.07) is 7.18. The molecule has 2 rings (SSSR count). The first-order valence-electron chi connectivity index (χ1n) is 6.15. The highest BCUT2D eigenvalue weighted by Gasteiger charge is 2.48. The Morgan fingerprint density at radius 2 is 2.00 bits per heavy atom. The van der Waals surface area contributed by atoms with Gasteiger partial charge >= 0.3 is 5.97 Å². The van der Waals surface area contributed by atoms with Gasteiger partial charge in [0.1, 0.15) is 5.75 Å². The number of carboxylic acids is 1. The Kier molecular flexibility index (Phi) is 4.39. The summed E-state index contributed by atoms with van der Waals surface area (Å²) in [5, 5.41) is 9.30. The van der Waals surface area contributed by atoms with Crippen LogP contribution in [0.5, 0.6) is 5.75 Å². The molecule has 0 spiro atoms. The first-order chi connectivity index (χ1) is 9.33. The lowest BCUT2D eigenvalue weighted by Crippen LogP contribution is -2.34. The van der Waals surface area contributed by atoms with Gasteiger partial charge in [0.25, 0.3) is 0 Å². The monoisotopic (exact) mass is 362 g/mol. The molecule has 1 aliphatic heterocycles.